The van der Waals surface area contributed by atoms with Crippen molar-refractivity contribution in [1.82, 2.24) is 4.72 Å². The van der Waals surface area contributed by atoms with Gasteiger partial charge in [0.15, 0.2) is 5.78 Å². The predicted molar refractivity (Wildman–Crippen MR) is 73.6 cm³/mol. The van der Waals surface area contributed by atoms with Gasteiger partial charge >= 0.3 is 0 Å². The zero-order valence-electron chi connectivity index (χ0n) is 11.2. The number of benzene rings is 1. The fourth-order valence-corrected chi connectivity index (χ4v) is 3.42. The first-order valence-corrected chi connectivity index (χ1v) is 8.00. The van der Waals surface area contributed by atoms with E-state index in [0.717, 1.165) is 6.42 Å². The van der Waals surface area contributed by atoms with Crippen LogP contribution in [0.2, 0.25) is 0 Å². The molecule has 5 heteroatoms. The largest absolute Gasteiger partial charge is 0.295 e. The summed E-state index contributed by atoms with van der Waals surface area (Å²) in [6.07, 6.45) is 3.28. The lowest BCUT2D eigenvalue weighted by atomic mass is 10.2. The molecule has 1 aromatic carbocycles. The highest BCUT2D eigenvalue weighted by Gasteiger charge is 2.26. The minimum Gasteiger partial charge on any atom is -0.295 e. The number of Topliss-reactive ketones (excluding diaryl/α,β-unsaturated/α-hetero) is 1. The van der Waals surface area contributed by atoms with E-state index < -0.39 is 10.0 Å². The average molecular weight is 281 g/mol. The number of ketones is 1. The van der Waals surface area contributed by atoms with Crippen molar-refractivity contribution in [2.24, 2.45) is 5.92 Å². The first-order valence-electron chi connectivity index (χ1n) is 6.52. The predicted octanol–water partition coefficient (Wildman–Crippen LogP) is 2.36. The van der Waals surface area contributed by atoms with E-state index in [4.69, 9.17) is 0 Å². The summed E-state index contributed by atoms with van der Waals surface area (Å²) < 4.78 is 27.1. The van der Waals surface area contributed by atoms with E-state index >= 15 is 0 Å². The van der Waals surface area contributed by atoms with Crippen LogP contribution in [0.4, 0.5) is 0 Å². The maximum absolute atomic E-state index is 12.2. The number of nitrogens with one attached hydrogen (secondary N) is 1. The Hall–Kier alpha value is -1.20. The van der Waals surface area contributed by atoms with Crippen LogP contribution in [0.1, 0.15) is 43.5 Å². The molecule has 0 saturated heterocycles. The smallest absolute Gasteiger partial charge is 0.240 e. The van der Waals surface area contributed by atoms with Crippen molar-refractivity contribution in [3.05, 3.63) is 29.8 Å². The Morgan fingerprint density at radius 1 is 1.42 bits per heavy atom. The van der Waals surface area contributed by atoms with E-state index in [2.05, 4.69) is 4.72 Å². The SMILES string of the molecule is CC(=O)c1cccc(S(=O)(=O)NC(C)CC2CC2)c1. The Morgan fingerprint density at radius 3 is 2.68 bits per heavy atom. The van der Waals surface area contributed by atoms with Crippen LogP contribution in [0.25, 0.3) is 0 Å². The molecule has 1 aliphatic rings. The number of sulfonamides is 1. The van der Waals surface area contributed by atoms with Gasteiger partial charge in [-0.05, 0) is 38.3 Å². The van der Waals surface area contributed by atoms with Crippen LogP contribution in [0.5, 0.6) is 0 Å². The van der Waals surface area contributed by atoms with Crippen LogP contribution in [0.3, 0.4) is 0 Å². The Labute approximate surface area is 114 Å². The number of rotatable bonds is 6. The van der Waals surface area contributed by atoms with E-state index in [1.54, 1.807) is 12.1 Å². The van der Waals surface area contributed by atoms with Crippen molar-refractivity contribution in [1.29, 1.82) is 0 Å². The van der Waals surface area contributed by atoms with Crippen LogP contribution in [0.15, 0.2) is 29.2 Å². The molecule has 2 rings (SSSR count). The molecule has 1 aliphatic carbocycles. The number of carbonyl (C=O) groups excluding carboxylic acids is 1. The van der Waals surface area contributed by atoms with Gasteiger partial charge in [0.1, 0.15) is 0 Å². The summed E-state index contributed by atoms with van der Waals surface area (Å²) in [5, 5.41) is 0. The normalized spacial score (nSPS) is 17.2. The van der Waals surface area contributed by atoms with Crippen molar-refractivity contribution >= 4 is 15.8 Å². The lowest BCUT2D eigenvalue weighted by Gasteiger charge is -2.14. The van der Waals surface area contributed by atoms with Crippen LogP contribution >= 0.6 is 0 Å². The van der Waals surface area contributed by atoms with Gasteiger partial charge in [0.25, 0.3) is 0 Å². The topological polar surface area (TPSA) is 63.2 Å². The van der Waals surface area contributed by atoms with E-state index in [0.29, 0.717) is 11.5 Å². The second-order valence-corrected chi connectivity index (χ2v) is 7.00. The molecule has 0 bridgehead atoms. The van der Waals surface area contributed by atoms with Crippen molar-refractivity contribution < 1.29 is 13.2 Å². The maximum atomic E-state index is 12.2. The molecule has 1 fully saturated rings. The standard InChI is InChI=1S/C14H19NO3S/c1-10(8-12-6-7-12)15-19(17,18)14-5-3-4-13(9-14)11(2)16/h3-5,9-10,12,15H,6-8H2,1-2H3. The minimum absolute atomic E-state index is 0.0708. The molecule has 0 radical (unpaired) electrons. The van der Waals surface area contributed by atoms with Gasteiger partial charge in [-0.2, -0.15) is 0 Å². The monoisotopic (exact) mass is 281 g/mol. The van der Waals surface area contributed by atoms with Crippen LogP contribution in [-0.2, 0) is 10.0 Å². The Balaban J connectivity index is 2.13. The summed E-state index contributed by atoms with van der Waals surface area (Å²) in [5.74, 6) is 0.532. The molecule has 0 spiro atoms. The molecule has 1 saturated carbocycles. The fourth-order valence-electron chi connectivity index (χ4n) is 2.12. The highest BCUT2D eigenvalue weighted by molar-refractivity contribution is 7.89. The van der Waals surface area contributed by atoms with Crippen molar-refractivity contribution in [2.45, 2.75) is 44.0 Å². The quantitative estimate of drug-likeness (QED) is 0.814. The molecule has 104 valence electrons. The minimum atomic E-state index is -3.54. The van der Waals surface area contributed by atoms with E-state index in [-0.39, 0.29) is 16.7 Å². The van der Waals surface area contributed by atoms with Gasteiger partial charge in [-0.3, -0.25) is 4.79 Å². The van der Waals surface area contributed by atoms with Gasteiger partial charge < -0.3 is 0 Å². The summed E-state index contributed by atoms with van der Waals surface area (Å²) in [6, 6.07) is 6.08. The van der Waals surface area contributed by atoms with E-state index in [1.165, 1.54) is 31.9 Å². The maximum Gasteiger partial charge on any atom is 0.240 e. The van der Waals surface area contributed by atoms with Crippen LogP contribution in [0, 0.1) is 5.92 Å². The summed E-state index contributed by atoms with van der Waals surface area (Å²) in [4.78, 5) is 11.4. The number of hydrogen-bond donors (Lipinski definition) is 1. The number of carbonyl (C=O) groups is 1. The zero-order chi connectivity index (χ0) is 14.0. The van der Waals surface area contributed by atoms with Gasteiger partial charge in [-0.25, -0.2) is 13.1 Å². The first-order chi connectivity index (χ1) is 8.88. The van der Waals surface area contributed by atoms with Gasteiger partial charge in [0, 0.05) is 11.6 Å². The zero-order valence-corrected chi connectivity index (χ0v) is 12.0. The molecule has 19 heavy (non-hydrogen) atoms. The third-order valence-electron chi connectivity index (χ3n) is 3.29. The highest BCUT2D eigenvalue weighted by Crippen LogP contribution is 2.33. The second kappa shape index (κ2) is 5.43. The van der Waals surface area contributed by atoms with Crippen molar-refractivity contribution in [2.75, 3.05) is 0 Å². The third-order valence-corrected chi connectivity index (χ3v) is 4.88. The molecule has 1 aromatic rings. The molecule has 0 aliphatic heterocycles. The van der Waals surface area contributed by atoms with Gasteiger partial charge in [-0.1, -0.05) is 25.0 Å². The average Bonchev–Trinajstić information content (AvgIpc) is 3.12. The second-order valence-electron chi connectivity index (χ2n) is 5.29. The lowest BCUT2D eigenvalue weighted by Crippen LogP contribution is -2.33. The molecule has 0 heterocycles. The molecular weight excluding hydrogens is 262 g/mol. The Kier molecular flexibility index (Phi) is 4.06. The molecule has 1 unspecified atom stereocenters. The van der Waals surface area contributed by atoms with E-state index in [9.17, 15) is 13.2 Å². The molecule has 0 amide bonds. The molecule has 0 aromatic heterocycles. The Bertz CT molecular complexity index is 576. The molecule has 1 N–H and O–H groups in total. The number of hydrogen-bond acceptors (Lipinski definition) is 3. The first kappa shape index (κ1) is 14.2. The summed E-state index contributed by atoms with van der Waals surface area (Å²) in [6.45, 7) is 3.31. The van der Waals surface area contributed by atoms with Gasteiger partial charge in [-0.15, -0.1) is 0 Å². The Morgan fingerprint density at radius 2 is 2.11 bits per heavy atom. The molecule has 1 atom stereocenters. The molecular formula is C14H19NO3S. The summed E-state index contributed by atoms with van der Waals surface area (Å²) >= 11 is 0. The van der Waals surface area contributed by atoms with E-state index in [1.807, 2.05) is 6.92 Å². The summed E-state index contributed by atoms with van der Waals surface area (Å²) in [7, 11) is -3.54. The van der Waals surface area contributed by atoms with Crippen molar-refractivity contribution in [3.8, 4) is 0 Å². The van der Waals surface area contributed by atoms with Gasteiger partial charge in [0.05, 0.1) is 4.90 Å². The van der Waals surface area contributed by atoms with Crippen LogP contribution < -0.4 is 4.72 Å². The van der Waals surface area contributed by atoms with Gasteiger partial charge in [0.2, 0.25) is 10.0 Å². The molecule has 4 nitrogen and oxygen atoms in total. The fraction of sp³-hybridized carbons (Fsp3) is 0.500. The summed E-state index contributed by atoms with van der Waals surface area (Å²) in [5.41, 5.74) is 0.415. The third kappa shape index (κ3) is 3.88. The highest BCUT2D eigenvalue weighted by atomic mass is 32.2. The lowest BCUT2D eigenvalue weighted by molar-refractivity contribution is 0.101. The van der Waals surface area contributed by atoms with Crippen molar-refractivity contribution in [3.63, 3.8) is 0 Å². The van der Waals surface area contributed by atoms with Crippen LogP contribution in [-0.4, -0.2) is 20.2 Å².